The summed E-state index contributed by atoms with van der Waals surface area (Å²) in [5, 5.41) is 10.5. The topological polar surface area (TPSA) is 81.9 Å². The van der Waals surface area contributed by atoms with E-state index >= 15 is 0 Å². The highest BCUT2D eigenvalue weighted by molar-refractivity contribution is 5.85. The maximum atomic E-state index is 11.4. The second-order valence-electron chi connectivity index (χ2n) is 3.98. The molecule has 0 aliphatic heterocycles. The van der Waals surface area contributed by atoms with Crippen LogP contribution in [0.25, 0.3) is 0 Å². The Balaban J connectivity index is 0.00000400. The van der Waals surface area contributed by atoms with Crippen molar-refractivity contribution in [3.63, 3.8) is 0 Å². The van der Waals surface area contributed by atoms with E-state index in [-0.39, 0.29) is 30.5 Å². The van der Waals surface area contributed by atoms with Gasteiger partial charge in [0.15, 0.2) is 0 Å². The molecule has 0 amide bonds. The minimum atomic E-state index is -0.814. The largest absolute Gasteiger partial charge is 0.513 e. The van der Waals surface area contributed by atoms with E-state index in [1.807, 2.05) is 13.8 Å². The summed E-state index contributed by atoms with van der Waals surface area (Å²) in [6.07, 6.45) is -0.814. The minimum Gasteiger partial charge on any atom is -0.433 e. The summed E-state index contributed by atoms with van der Waals surface area (Å²) < 4.78 is 9.82. The number of ether oxygens (including phenoxy) is 2. The molecule has 0 heterocycles. The van der Waals surface area contributed by atoms with Crippen LogP contribution in [0, 0.1) is 10.1 Å². The molecule has 0 unspecified atom stereocenters. The summed E-state index contributed by atoms with van der Waals surface area (Å²) in [4.78, 5) is 23.4. The van der Waals surface area contributed by atoms with Gasteiger partial charge in [0, 0.05) is 18.7 Å². The van der Waals surface area contributed by atoms with Crippen LogP contribution in [0.3, 0.4) is 0 Å². The molecule has 1 rings (SSSR count). The van der Waals surface area contributed by atoms with Crippen molar-refractivity contribution in [2.24, 2.45) is 0 Å². The molecule has 0 spiro atoms. The summed E-state index contributed by atoms with van der Waals surface area (Å²) in [6, 6.07) is 5.23. The first kappa shape index (κ1) is 19.1. The number of halogens is 1. The Kier molecular flexibility index (Phi) is 9.07. The monoisotopic (exact) mass is 318 g/mol. The van der Waals surface area contributed by atoms with Crippen molar-refractivity contribution in [2.75, 3.05) is 26.2 Å². The third-order valence-electron chi connectivity index (χ3n) is 2.77. The van der Waals surface area contributed by atoms with Crippen LogP contribution < -0.4 is 4.74 Å². The summed E-state index contributed by atoms with van der Waals surface area (Å²) in [5.74, 6) is 0.212. The number of carbonyl (C=O) groups is 1. The molecule has 0 saturated carbocycles. The van der Waals surface area contributed by atoms with Crippen molar-refractivity contribution in [3.05, 3.63) is 34.4 Å². The van der Waals surface area contributed by atoms with Crippen molar-refractivity contribution in [1.29, 1.82) is 0 Å². The number of nitrogens with zero attached hydrogens (tertiary/aromatic N) is 2. The third-order valence-corrected chi connectivity index (χ3v) is 2.77. The van der Waals surface area contributed by atoms with Gasteiger partial charge in [-0.2, -0.15) is 0 Å². The van der Waals surface area contributed by atoms with Gasteiger partial charge in [-0.15, -0.1) is 12.4 Å². The molecular formula is C13H19ClN2O5. The van der Waals surface area contributed by atoms with Crippen LogP contribution >= 0.6 is 12.4 Å². The number of benzene rings is 1. The molecule has 0 atom stereocenters. The van der Waals surface area contributed by atoms with Crippen molar-refractivity contribution in [2.45, 2.75) is 13.8 Å². The number of nitro groups is 1. The van der Waals surface area contributed by atoms with Crippen molar-refractivity contribution < 1.29 is 19.2 Å². The van der Waals surface area contributed by atoms with E-state index in [1.54, 1.807) is 0 Å². The zero-order valence-corrected chi connectivity index (χ0v) is 12.8. The van der Waals surface area contributed by atoms with E-state index in [2.05, 4.69) is 4.90 Å². The predicted molar refractivity (Wildman–Crippen MR) is 80.1 cm³/mol. The smallest absolute Gasteiger partial charge is 0.433 e. The van der Waals surface area contributed by atoms with E-state index in [9.17, 15) is 14.9 Å². The summed E-state index contributed by atoms with van der Waals surface area (Å²) >= 11 is 0. The number of likely N-dealkylation sites (N-methyl/N-ethyl adjacent to an activating group) is 1. The number of non-ortho nitro benzene ring substituents is 1. The first-order chi connectivity index (χ1) is 9.56. The Morgan fingerprint density at radius 2 is 1.81 bits per heavy atom. The van der Waals surface area contributed by atoms with Gasteiger partial charge in [0.2, 0.25) is 0 Å². The summed E-state index contributed by atoms with van der Waals surface area (Å²) in [5.41, 5.74) is -0.0627. The third kappa shape index (κ3) is 6.92. The Hall–Kier alpha value is -1.86. The molecule has 8 heteroatoms. The molecule has 7 nitrogen and oxygen atoms in total. The first-order valence-corrected chi connectivity index (χ1v) is 6.38. The summed E-state index contributed by atoms with van der Waals surface area (Å²) in [7, 11) is 0. The molecule has 0 fully saturated rings. The maximum Gasteiger partial charge on any atom is 0.513 e. The number of nitro benzene ring substituents is 1. The highest BCUT2D eigenvalue weighted by Gasteiger charge is 2.09. The molecule has 0 aliphatic rings. The quantitative estimate of drug-likeness (QED) is 0.333. The molecule has 0 saturated heterocycles. The lowest BCUT2D eigenvalue weighted by Crippen LogP contribution is -2.28. The average molecular weight is 319 g/mol. The normalized spacial score (nSPS) is 9.86. The van der Waals surface area contributed by atoms with Gasteiger partial charge in [-0.25, -0.2) is 4.79 Å². The number of rotatable bonds is 7. The van der Waals surface area contributed by atoms with Crippen LogP contribution in [0.15, 0.2) is 24.3 Å². The van der Waals surface area contributed by atoms with Gasteiger partial charge in [0.05, 0.1) is 4.92 Å². The van der Waals surface area contributed by atoms with Gasteiger partial charge in [-0.3, -0.25) is 10.1 Å². The highest BCUT2D eigenvalue weighted by Crippen LogP contribution is 2.17. The van der Waals surface area contributed by atoms with Gasteiger partial charge < -0.3 is 14.4 Å². The highest BCUT2D eigenvalue weighted by atomic mass is 35.5. The number of hydrogen-bond donors (Lipinski definition) is 0. The molecule has 0 aliphatic carbocycles. The lowest BCUT2D eigenvalue weighted by atomic mass is 10.3. The van der Waals surface area contributed by atoms with Crippen LogP contribution in [0.1, 0.15) is 13.8 Å². The molecule has 0 bridgehead atoms. The molecule has 21 heavy (non-hydrogen) atoms. The minimum absolute atomic E-state index is 0. The lowest BCUT2D eigenvalue weighted by molar-refractivity contribution is -0.384. The Bertz CT molecular complexity index is 448. The van der Waals surface area contributed by atoms with E-state index in [0.717, 1.165) is 13.1 Å². The van der Waals surface area contributed by atoms with E-state index in [4.69, 9.17) is 9.47 Å². The van der Waals surface area contributed by atoms with E-state index in [0.29, 0.717) is 6.54 Å². The fraction of sp³-hybridized carbons (Fsp3) is 0.462. The van der Waals surface area contributed by atoms with Crippen LogP contribution in [-0.4, -0.2) is 42.2 Å². The van der Waals surface area contributed by atoms with Gasteiger partial charge in [0.1, 0.15) is 12.4 Å². The molecule has 0 aromatic heterocycles. The van der Waals surface area contributed by atoms with Crippen molar-refractivity contribution >= 4 is 24.2 Å². The van der Waals surface area contributed by atoms with Gasteiger partial charge in [-0.05, 0) is 25.2 Å². The average Bonchev–Trinajstić information content (AvgIpc) is 2.44. The van der Waals surface area contributed by atoms with Gasteiger partial charge in [0.25, 0.3) is 5.69 Å². The van der Waals surface area contributed by atoms with Crippen LogP contribution in [-0.2, 0) is 4.74 Å². The molecule has 1 aromatic carbocycles. The van der Waals surface area contributed by atoms with Gasteiger partial charge >= 0.3 is 6.16 Å². The lowest BCUT2D eigenvalue weighted by Gasteiger charge is -2.17. The van der Waals surface area contributed by atoms with E-state index < -0.39 is 11.1 Å². The van der Waals surface area contributed by atoms with Crippen LogP contribution in [0.2, 0.25) is 0 Å². The second kappa shape index (κ2) is 9.95. The Morgan fingerprint density at radius 1 is 1.24 bits per heavy atom. The molecule has 0 N–H and O–H groups in total. The molecule has 118 valence electrons. The second-order valence-corrected chi connectivity index (χ2v) is 3.98. The zero-order chi connectivity index (χ0) is 15.0. The Morgan fingerprint density at radius 3 is 2.29 bits per heavy atom. The Labute approximate surface area is 129 Å². The van der Waals surface area contributed by atoms with Crippen LogP contribution in [0.5, 0.6) is 5.75 Å². The predicted octanol–water partition coefficient (Wildman–Crippen LogP) is 2.87. The summed E-state index contributed by atoms with van der Waals surface area (Å²) in [6.45, 7) is 6.71. The standard InChI is InChI=1S/C13H18N2O5.ClH/c1-3-14(4-2)9-10-19-13(16)20-12-7-5-11(6-8-12)15(17)18;/h5-8H,3-4,9-10H2,1-2H3;1H. The van der Waals surface area contributed by atoms with Gasteiger partial charge in [-0.1, -0.05) is 13.8 Å². The van der Waals surface area contributed by atoms with Crippen molar-refractivity contribution in [3.8, 4) is 5.75 Å². The zero-order valence-electron chi connectivity index (χ0n) is 12.0. The van der Waals surface area contributed by atoms with Crippen LogP contribution in [0.4, 0.5) is 10.5 Å². The fourth-order valence-corrected chi connectivity index (χ4v) is 1.56. The van der Waals surface area contributed by atoms with Crippen molar-refractivity contribution in [1.82, 2.24) is 4.90 Å². The number of carbonyl (C=O) groups excluding carboxylic acids is 1. The number of hydrogen-bond acceptors (Lipinski definition) is 6. The molecular weight excluding hydrogens is 300 g/mol. The SMILES string of the molecule is CCN(CC)CCOC(=O)Oc1ccc([N+](=O)[O-])cc1.Cl. The fourth-order valence-electron chi connectivity index (χ4n) is 1.56. The maximum absolute atomic E-state index is 11.4. The molecule has 1 aromatic rings. The molecule has 0 radical (unpaired) electrons. The van der Waals surface area contributed by atoms with E-state index in [1.165, 1.54) is 24.3 Å². The first-order valence-electron chi connectivity index (χ1n) is 6.38.